The van der Waals surface area contributed by atoms with Crippen LogP contribution < -0.4 is 10.0 Å². The van der Waals surface area contributed by atoms with E-state index in [4.69, 9.17) is 11.6 Å². The molecule has 3 aliphatic carbocycles. The quantitative estimate of drug-likeness (QED) is 0.380. The van der Waals surface area contributed by atoms with Crippen LogP contribution >= 0.6 is 11.6 Å². The van der Waals surface area contributed by atoms with E-state index in [9.17, 15) is 39.9 Å². The molecule has 3 fully saturated rings. The lowest BCUT2D eigenvalue weighted by atomic mass is 9.61. The summed E-state index contributed by atoms with van der Waals surface area (Å²) in [4.78, 5) is 12.5. The van der Waals surface area contributed by atoms with Crippen molar-refractivity contribution in [2.75, 3.05) is 11.9 Å². The number of amides is 1. The lowest BCUT2D eigenvalue weighted by Crippen LogP contribution is -2.60. The van der Waals surface area contributed by atoms with Gasteiger partial charge >= 0.3 is 0 Å². The highest BCUT2D eigenvalue weighted by atomic mass is 35.5. The SMILES string of the molecule is O=C(Nc1cc(F)c(F)c(F)c1)c1ccc(Cl)c(S(=O)(=O)C2CC3CCCC(C2)C3(O)CNS(=O)(=O)C2CC2)c1. The molecule has 3 N–H and O–H groups in total. The number of carbonyl (C=O) groups excluding carboxylic acids is 1. The number of carbonyl (C=O) groups is 1. The largest absolute Gasteiger partial charge is 0.388 e. The fraction of sp³-hybridized carbons (Fsp3) is 0.500. The molecule has 2 atom stereocenters. The zero-order valence-corrected chi connectivity index (χ0v) is 23.6. The smallest absolute Gasteiger partial charge is 0.255 e. The third kappa shape index (κ3) is 5.50. The van der Waals surface area contributed by atoms with Crippen molar-refractivity contribution in [2.45, 2.75) is 65.9 Å². The van der Waals surface area contributed by atoms with Crippen LogP contribution in [0.4, 0.5) is 18.9 Å². The Hall–Kier alpha value is -2.19. The molecule has 218 valence electrons. The van der Waals surface area contributed by atoms with E-state index in [1.807, 2.05) is 0 Å². The van der Waals surface area contributed by atoms with Gasteiger partial charge in [-0.05, 0) is 68.6 Å². The number of aliphatic hydroxyl groups is 1. The van der Waals surface area contributed by atoms with Gasteiger partial charge < -0.3 is 10.4 Å². The molecule has 40 heavy (non-hydrogen) atoms. The Morgan fingerprint density at radius 1 is 0.950 bits per heavy atom. The molecule has 0 spiro atoms. The Labute approximate surface area is 235 Å². The zero-order chi connectivity index (χ0) is 29.0. The molecule has 0 aromatic heterocycles. The summed E-state index contributed by atoms with van der Waals surface area (Å²) >= 11 is 6.26. The molecular formula is C26H28ClF3N2O6S2. The van der Waals surface area contributed by atoms with E-state index in [0.717, 1.165) is 12.5 Å². The van der Waals surface area contributed by atoms with Gasteiger partial charge in [-0.1, -0.05) is 18.0 Å². The number of fused-ring (bicyclic) bond motifs is 2. The maximum Gasteiger partial charge on any atom is 0.255 e. The molecule has 2 aromatic rings. The summed E-state index contributed by atoms with van der Waals surface area (Å²) in [6, 6.07) is 4.73. The first kappa shape index (κ1) is 29.3. The molecule has 5 rings (SSSR count). The van der Waals surface area contributed by atoms with Gasteiger partial charge in [0.05, 0.1) is 26.0 Å². The molecule has 3 aliphatic rings. The number of nitrogens with one attached hydrogen (secondary N) is 2. The molecule has 3 saturated carbocycles. The fourth-order valence-corrected chi connectivity index (χ4v) is 9.77. The van der Waals surface area contributed by atoms with Crippen molar-refractivity contribution in [3.63, 3.8) is 0 Å². The van der Waals surface area contributed by atoms with Gasteiger partial charge in [0.2, 0.25) is 10.0 Å². The molecule has 2 unspecified atom stereocenters. The van der Waals surface area contributed by atoms with Crippen LogP contribution in [0.5, 0.6) is 0 Å². The standard InChI is InChI=1S/C26H28ClF3N2O6S2/c27-20-7-4-14(25(33)32-17-11-21(28)24(30)22(29)12-17)8-23(20)39(35,36)19-9-15-2-1-3-16(10-19)26(15,34)13-31-40(37,38)18-5-6-18/h4,7-8,11-12,15-16,18-19,31,34H,1-3,5-6,9-10,13H2,(H,32,33). The van der Waals surface area contributed by atoms with E-state index >= 15 is 0 Å². The van der Waals surface area contributed by atoms with Crippen molar-refractivity contribution in [1.82, 2.24) is 4.72 Å². The third-order valence-electron chi connectivity index (χ3n) is 8.31. The van der Waals surface area contributed by atoms with Crippen LogP contribution in [0.1, 0.15) is 55.3 Å². The molecule has 0 aliphatic heterocycles. The summed E-state index contributed by atoms with van der Waals surface area (Å²) in [5.74, 6) is -6.51. The average molecular weight is 621 g/mol. The average Bonchev–Trinajstić information content (AvgIpc) is 3.72. The Morgan fingerprint density at radius 3 is 2.12 bits per heavy atom. The summed E-state index contributed by atoms with van der Waals surface area (Å²) in [6.07, 6.45) is 3.17. The summed E-state index contributed by atoms with van der Waals surface area (Å²) in [5, 5.41) is 12.3. The number of rotatable bonds is 8. The highest BCUT2D eigenvalue weighted by Gasteiger charge is 2.54. The maximum atomic E-state index is 13.8. The molecular weight excluding hydrogens is 593 g/mol. The lowest BCUT2D eigenvalue weighted by molar-refractivity contribution is -0.112. The van der Waals surface area contributed by atoms with Crippen LogP contribution in [0.25, 0.3) is 0 Å². The topological polar surface area (TPSA) is 130 Å². The normalized spacial score (nSPS) is 26.9. The van der Waals surface area contributed by atoms with Crippen molar-refractivity contribution in [2.24, 2.45) is 11.8 Å². The minimum absolute atomic E-state index is 0.0847. The first-order valence-corrected chi connectivity index (χ1v) is 16.4. The van der Waals surface area contributed by atoms with Gasteiger partial charge in [0.15, 0.2) is 27.3 Å². The Kier molecular flexibility index (Phi) is 7.75. The van der Waals surface area contributed by atoms with Crippen LogP contribution in [0.3, 0.4) is 0 Å². The second-order valence-corrected chi connectivity index (χ2v) is 15.5. The predicted molar refractivity (Wildman–Crippen MR) is 142 cm³/mol. The molecule has 2 aromatic carbocycles. The molecule has 8 nitrogen and oxygen atoms in total. The number of hydrogen-bond donors (Lipinski definition) is 3. The van der Waals surface area contributed by atoms with E-state index in [-0.39, 0.29) is 40.6 Å². The monoisotopic (exact) mass is 620 g/mol. The Balaban J connectivity index is 1.36. The lowest BCUT2D eigenvalue weighted by Gasteiger charge is -2.51. The molecule has 2 bridgehead atoms. The van der Waals surface area contributed by atoms with Crippen molar-refractivity contribution in [1.29, 1.82) is 0 Å². The summed E-state index contributed by atoms with van der Waals surface area (Å²) < 4.78 is 95.2. The van der Waals surface area contributed by atoms with E-state index < -0.39 is 71.2 Å². The minimum atomic E-state index is -4.11. The van der Waals surface area contributed by atoms with E-state index in [1.165, 1.54) is 12.1 Å². The second-order valence-electron chi connectivity index (χ2n) is 10.9. The molecule has 0 saturated heterocycles. The third-order valence-corrected chi connectivity index (χ3v) is 12.9. The molecule has 1 amide bonds. The highest BCUT2D eigenvalue weighted by Crippen LogP contribution is 2.50. The first-order valence-electron chi connectivity index (χ1n) is 12.9. The molecule has 0 radical (unpaired) electrons. The molecule has 14 heteroatoms. The number of hydrogen-bond acceptors (Lipinski definition) is 6. The van der Waals surface area contributed by atoms with Crippen LogP contribution in [0, 0.1) is 29.3 Å². The second kappa shape index (κ2) is 10.6. The molecule has 0 heterocycles. The number of sulfonamides is 1. The summed E-state index contributed by atoms with van der Waals surface area (Å²) in [6.45, 7) is -0.172. The van der Waals surface area contributed by atoms with Gasteiger partial charge in [-0.3, -0.25) is 4.79 Å². The van der Waals surface area contributed by atoms with E-state index in [2.05, 4.69) is 10.0 Å². The van der Waals surface area contributed by atoms with Crippen LogP contribution in [-0.4, -0.2) is 50.5 Å². The Bertz CT molecular complexity index is 1530. The van der Waals surface area contributed by atoms with E-state index in [1.54, 1.807) is 0 Å². The zero-order valence-electron chi connectivity index (χ0n) is 21.2. The summed E-state index contributed by atoms with van der Waals surface area (Å²) in [7, 11) is -7.64. The highest BCUT2D eigenvalue weighted by molar-refractivity contribution is 7.92. The minimum Gasteiger partial charge on any atom is -0.388 e. The Morgan fingerprint density at radius 2 is 1.55 bits per heavy atom. The maximum absolute atomic E-state index is 13.8. The first-order chi connectivity index (χ1) is 18.7. The van der Waals surface area contributed by atoms with Crippen LogP contribution in [-0.2, 0) is 19.9 Å². The number of sulfone groups is 1. The van der Waals surface area contributed by atoms with Gasteiger partial charge in [0.1, 0.15) is 0 Å². The van der Waals surface area contributed by atoms with Crippen molar-refractivity contribution in [3.8, 4) is 0 Å². The number of anilines is 1. The van der Waals surface area contributed by atoms with Gasteiger partial charge in [0, 0.05) is 29.9 Å². The number of benzene rings is 2. The van der Waals surface area contributed by atoms with E-state index in [0.29, 0.717) is 37.8 Å². The van der Waals surface area contributed by atoms with Crippen LogP contribution in [0.2, 0.25) is 5.02 Å². The van der Waals surface area contributed by atoms with Crippen molar-refractivity contribution >= 4 is 43.1 Å². The van der Waals surface area contributed by atoms with Gasteiger partial charge in [-0.15, -0.1) is 0 Å². The van der Waals surface area contributed by atoms with Crippen LogP contribution in [0.15, 0.2) is 35.2 Å². The van der Waals surface area contributed by atoms with Crippen molar-refractivity contribution < 1.29 is 39.9 Å². The number of halogens is 4. The summed E-state index contributed by atoms with van der Waals surface area (Å²) in [5.41, 5.74) is -1.90. The predicted octanol–water partition coefficient (Wildman–Crippen LogP) is 4.17. The van der Waals surface area contributed by atoms with Gasteiger partial charge in [-0.25, -0.2) is 34.7 Å². The fourth-order valence-electron chi connectivity index (χ4n) is 5.95. The van der Waals surface area contributed by atoms with Gasteiger partial charge in [0.25, 0.3) is 5.91 Å². The van der Waals surface area contributed by atoms with Crippen molar-refractivity contribution in [3.05, 3.63) is 58.4 Å². The van der Waals surface area contributed by atoms with Gasteiger partial charge in [-0.2, -0.15) is 0 Å².